The van der Waals surface area contributed by atoms with Crippen LogP contribution < -0.4 is 56.5 Å². The second kappa shape index (κ2) is 6.08. The van der Waals surface area contributed by atoms with Crippen molar-refractivity contribution in [1.29, 1.82) is 0 Å². The van der Waals surface area contributed by atoms with Gasteiger partial charge in [0, 0.05) is 0 Å². The first kappa shape index (κ1) is 13.5. The van der Waals surface area contributed by atoms with Crippen molar-refractivity contribution in [2.45, 2.75) is 38.2 Å². The molecule has 12 heavy (non-hydrogen) atoms. The maximum absolute atomic E-state index is 10.5. The van der Waals surface area contributed by atoms with Gasteiger partial charge in [-0.15, -0.1) is 0 Å². The molecule has 1 fully saturated rings. The molecular formula is C6H13KNO3S+. The van der Waals surface area contributed by atoms with Crippen molar-refractivity contribution >= 4 is 10.3 Å². The molecule has 0 aromatic heterocycles. The summed E-state index contributed by atoms with van der Waals surface area (Å²) in [6.07, 6.45) is 4.72. The molecule has 4 nitrogen and oxygen atoms in total. The molecule has 1 aliphatic carbocycles. The average molecular weight is 218 g/mol. The third kappa shape index (κ3) is 6.04. The monoisotopic (exact) mass is 218 g/mol. The molecule has 1 rings (SSSR count). The Morgan fingerprint density at radius 3 is 2.08 bits per heavy atom. The van der Waals surface area contributed by atoms with Crippen LogP contribution in [0.25, 0.3) is 0 Å². The minimum absolute atomic E-state index is 0. The van der Waals surface area contributed by atoms with E-state index in [1.807, 2.05) is 0 Å². The van der Waals surface area contributed by atoms with Crippen molar-refractivity contribution in [3.05, 3.63) is 0 Å². The Bertz CT molecular complexity index is 211. The number of hydrogen-bond donors (Lipinski definition) is 1. The van der Waals surface area contributed by atoms with Gasteiger partial charge in [0.05, 0.1) is 6.10 Å². The molecule has 0 saturated heterocycles. The molecule has 0 bridgehead atoms. The second-order valence-corrected chi connectivity index (χ2v) is 4.03. The van der Waals surface area contributed by atoms with E-state index in [-0.39, 0.29) is 57.5 Å². The molecule has 0 aromatic rings. The van der Waals surface area contributed by atoms with E-state index in [4.69, 9.17) is 5.14 Å². The van der Waals surface area contributed by atoms with Crippen LogP contribution in [0, 0.1) is 0 Å². The SMILES string of the molecule is NS(=O)(=O)OC1CCCCC1.[K+]. The molecule has 0 atom stereocenters. The van der Waals surface area contributed by atoms with Crippen molar-refractivity contribution in [3.63, 3.8) is 0 Å². The zero-order chi connectivity index (χ0) is 8.32. The van der Waals surface area contributed by atoms with Crippen LogP contribution in [0.4, 0.5) is 0 Å². The van der Waals surface area contributed by atoms with Crippen LogP contribution >= 0.6 is 0 Å². The molecule has 0 radical (unpaired) electrons. The van der Waals surface area contributed by atoms with E-state index in [1.54, 1.807) is 0 Å². The summed E-state index contributed by atoms with van der Waals surface area (Å²) >= 11 is 0. The molecule has 0 spiro atoms. The third-order valence-corrected chi connectivity index (χ3v) is 2.36. The normalized spacial score (nSPS) is 20.1. The summed E-state index contributed by atoms with van der Waals surface area (Å²) in [7, 11) is -3.72. The van der Waals surface area contributed by atoms with Crippen molar-refractivity contribution in [2.24, 2.45) is 5.14 Å². The molecule has 6 heteroatoms. The van der Waals surface area contributed by atoms with Gasteiger partial charge in [-0.1, -0.05) is 19.3 Å². The Balaban J connectivity index is 0.00000121. The number of nitrogens with two attached hydrogens (primary N) is 1. The number of rotatable bonds is 2. The summed E-state index contributed by atoms with van der Waals surface area (Å²) in [4.78, 5) is 0. The molecule has 1 saturated carbocycles. The van der Waals surface area contributed by atoms with E-state index in [9.17, 15) is 8.42 Å². The third-order valence-electron chi connectivity index (χ3n) is 1.82. The Morgan fingerprint density at radius 2 is 1.67 bits per heavy atom. The molecule has 0 unspecified atom stereocenters. The molecule has 0 aromatic carbocycles. The van der Waals surface area contributed by atoms with E-state index >= 15 is 0 Å². The molecular weight excluding hydrogens is 205 g/mol. The largest absolute Gasteiger partial charge is 1.00 e. The Hall–Kier alpha value is 1.51. The standard InChI is InChI=1S/C6H13NO3S.K/c7-11(8,9)10-6-4-2-1-3-5-6;/h6H,1-5H2,(H2,7,8,9);/q;+1. The first-order valence-electron chi connectivity index (χ1n) is 3.79. The Labute approximate surface area is 116 Å². The zero-order valence-corrected chi connectivity index (χ0v) is 11.3. The second-order valence-electron chi connectivity index (χ2n) is 2.85. The first-order valence-corrected chi connectivity index (χ1v) is 5.26. The van der Waals surface area contributed by atoms with Crippen LogP contribution in [0.5, 0.6) is 0 Å². The van der Waals surface area contributed by atoms with Gasteiger partial charge in [-0.3, -0.25) is 4.18 Å². The maximum atomic E-state index is 10.5. The van der Waals surface area contributed by atoms with Gasteiger partial charge >= 0.3 is 61.7 Å². The summed E-state index contributed by atoms with van der Waals surface area (Å²) < 4.78 is 25.5. The Morgan fingerprint density at radius 1 is 1.17 bits per heavy atom. The van der Waals surface area contributed by atoms with E-state index in [1.165, 1.54) is 6.42 Å². The van der Waals surface area contributed by atoms with Gasteiger partial charge in [-0.2, -0.15) is 8.42 Å². The quantitative estimate of drug-likeness (QED) is 0.523. The molecule has 0 heterocycles. The van der Waals surface area contributed by atoms with E-state index in [0.29, 0.717) is 0 Å². The molecule has 66 valence electrons. The molecule has 1 aliphatic rings. The van der Waals surface area contributed by atoms with Crippen LogP contribution in [-0.4, -0.2) is 14.5 Å². The zero-order valence-electron chi connectivity index (χ0n) is 7.32. The van der Waals surface area contributed by atoms with Gasteiger partial charge in [0.1, 0.15) is 0 Å². The fourth-order valence-electron chi connectivity index (χ4n) is 1.35. The van der Waals surface area contributed by atoms with Crippen LogP contribution in [0.2, 0.25) is 0 Å². The summed E-state index contributed by atoms with van der Waals surface area (Å²) in [5.41, 5.74) is 0. The Kier molecular flexibility index (Phi) is 6.84. The smallest absolute Gasteiger partial charge is 0.255 e. The van der Waals surface area contributed by atoms with E-state index in [0.717, 1.165) is 25.7 Å². The van der Waals surface area contributed by atoms with Gasteiger partial charge in [-0.05, 0) is 12.8 Å². The van der Waals surface area contributed by atoms with Crippen LogP contribution in [0.1, 0.15) is 32.1 Å². The van der Waals surface area contributed by atoms with Crippen LogP contribution in [0.15, 0.2) is 0 Å². The minimum Gasteiger partial charge on any atom is -0.255 e. The predicted octanol–water partition coefficient (Wildman–Crippen LogP) is -2.46. The summed E-state index contributed by atoms with van der Waals surface area (Å²) in [5, 5.41) is 4.72. The fourth-order valence-corrected chi connectivity index (χ4v) is 1.92. The average Bonchev–Trinajstić information content (AvgIpc) is 1.85. The van der Waals surface area contributed by atoms with Gasteiger partial charge in [0.25, 0.3) is 0 Å². The summed E-state index contributed by atoms with van der Waals surface area (Å²) in [6.45, 7) is 0. The van der Waals surface area contributed by atoms with Crippen molar-refractivity contribution < 1.29 is 64.0 Å². The number of hydrogen-bond acceptors (Lipinski definition) is 3. The van der Waals surface area contributed by atoms with Crippen molar-refractivity contribution in [2.75, 3.05) is 0 Å². The first-order chi connectivity index (χ1) is 5.08. The summed E-state index contributed by atoms with van der Waals surface area (Å²) in [6, 6.07) is 0. The predicted molar refractivity (Wildman–Crippen MR) is 41.1 cm³/mol. The fraction of sp³-hybridized carbons (Fsp3) is 1.00. The van der Waals surface area contributed by atoms with Gasteiger partial charge in [-0.25, -0.2) is 5.14 Å². The summed E-state index contributed by atoms with van der Waals surface area (Å²) in [5.74, 6) is 0. The van der Waals surface area contributed by atoms with Crippen LogP contribution in [-0.2, 0) is 14.5 Å². The molecule has 0 amide bonds. The maximum Gasteiger partial charge on any atom is 1.00 e. The molecule has 0 aliphatic heterocycles. The van der Waals surface area contributed by atoms with Gasteiger partial charge in [0.2, 0.25) is 0 Å². The van der Waals surface area contributed by atoms with Crippen molar-refractivity contribution in [3.8, 4) is 0 Å². The topological polar surface area (TPSA) is 69.4 Å². The molecule has 2 N–H and O–H groups in total. The van der Waals surface area contributed by atoms with E-state index < -0.39 is 10.3 Å². The van der Waals surface area contributed by atoms with E-state index in [2.05, 4.69) is 4.18 Å². The minimum atomic E-state index is -3.72. The van der Waals surface area contributed by atoms with Crippen molar-refractivity contribution in [1.82, 2.24) is 0 Å². The van der Waals surface area contributed by atoms with Crippen LogP contribution in [0.3, 0.4) is 0 Å². The van der Waals surface area contributed by atoms with Gasteiger partial charge in [0.15, 0.2) is 0 Å². The van der Waals surface area contributed by atoms with Gasteiger partial charge < -0.3 is 0 Å².